The second-order valence-electron chi connectivity index (χ2n) is 8.00. The number of nitrogens with zero attached hydrogens (tertiary/aromatic N) is 1. The molecule has 0 radical (unpaired) electrons. The number of hydrogen-bond donors (Lipinski definition) is 0. The number of alkyl halides is 3. The summed E-state index contributed by atoms with van der Waals surface area (Å²) < 4.78 is -1.89. The molecule has 1 amide bonds. The van der Waals surface area contributed by atoms with Crippen molar-refractivity contribution in [2.24, 2.45) is 16.7 Å². The lowest BCUT2D eigenvalue weighted by molar-refractivity contribution is -0.129. The minimum Gasteiger partial charge on any atom is -0.312 e. The third-order valence-corrected chi connectivity index (χ3v) is 4.61. The van der Waals surface area contributed by atoms with Gasteiger partial charge in [-0.25, -0.2) is 0 Å². The molecule has 0 aromatic heterocycles. The molecule has 2 aliphatic carbocycles. The zero-order valence-corrected chi connectivity index (χ0v) is 15.4. The van der Waals surface area contributed by atoms with Crippen LogP contribution in [0.4, 0.5) is 0 Å². The molecule has 0 aliphatic heterocycles. The van der Waals surface area contributed by atoms with Gasteiger partial charge >= 0.3 is 0 Å². The molecule has 0 aromatic rings. The van der Waals surface area contributed by atoms with Crippen LogP contribution in [0.2, 0.25) is 0 Å². The van der Waals surface area contributed by atoms with Crippen LogP contribution >= 0.6 is 34.8 Å². The number of amides is 1. The van der Waals surface area contributed by atoms with Gasteiger partial charge in [-0.15, -0.1) is 0 Å². The number of rotatable bonds is 3. The maximum atomic E-state index is 12.5. The molecule has 0 heterocycles. The van der Waals surface area contributed by atoms with Gasteiger partial charge in [0.15, 0.2) is 0 Å². The SMILES string of the molecule is CC1(C)C=C(N(CC2CC2)C(=O)C(Cl)(Cl)Cl)CC(C)(C)C1. The molecule has 21 heavy (non-hydrogen) atoms. The Morgan fingerprint density at radius 3 is 2.29 bits per heavy atom. The molecule has 0 atom stereocenters. The lowest BCUT2D eigenvalue weighted by atomic mass is 9.68. The predicted octanol–water partition coefficient (Wildman–Crippen LogP) is 5.33. The maximum absolute atomic E-state index is 12.5. The number of hydrogen-bond acceptors (Lipinski definition) is 1. The third-order valence-electron chi connectivity index (χ3n) is 4.12. The zero-order chi connectivity index (χ0) is 16.1. The van der Waals surface area contributed by atoms with Crippen LogP contribution in [0.3, 0.4) is 0 Å². The largest absolute Gasteiger partial charge is 0.312 e. The number of halogens is 3. The topological polar surface area (TPSA) is 20.3 Å². The van der Waals surface area contributed by atoms with Crippen molar-refractivity contribution in [2.45, 2.75) is 57.2 Å². The van der Waals surface area contributed by atoms with Gasteiger partial charge in [0.25, 0.3) is 9.70 Å². The van der Waals surface area contributed by atoms with E-state index in [9.17, 15) is 4.79 Å². The second kappa shape index (κ2) is 5.62. The number of allylic oxidation sites excluding steroid dienone is 2. The lowest BCUT2D eigenvalue weighted by Crippen LogP contribution is -2.43. The molecule has 2 rings (SSSR count). The smallest absolute Gasteiger partial charge is 0.278 e. The fraction of sp³-hybridized carbons (Fsp3) is 0.812. The van der Waals surface area contributed by atoms with Gasteiger partial charge in [-0.05, 0) is 42.4 Å². The van der Waals surface area contributed by atoms with Crippen molar-refractivity contribution in [3.05, 3.63) is 11.8 Å². The van der Waals surface area contributed by atoms with E-state index in [2.05, 4.69) is 33.8 Å². The Kier molecular flexibility index (Phi) is 4.66. The minimum atomic E-state index is -1.89. The van der Waals surface area contributed by atoms with E-state index in [1.807, 2.05) is 0 Å². The van der Waals surface area contributed by atoms with Gasteiger partial charge in [-0.3, -0.25) is 4.79 Å². The zero-order valence-electron chi connectivity index (χ0n) is 13.2. The Balaban J connectivity index is 2.31. The molecular weight excluding hydrogens is 329 g/mol. The summed E-state index contributed by atoms with van der Waals surface area (Å²) in [7, 11) is 0. The summed E-state index contributed by atoms with van der Waals surface area (Å²) in [6.07, 6.45) is 6.43. The lowest BCUT2D eigenvalue weighted by Gasteiger charge is -2.42. The molecule has 1 saturated carbocycles. The summed E-state index contributed by atoms with van der Waals surface area (Å²) in [6, 6.07) is 0. The number of carbonyl (C=O) groups excluding carboxylic acids is 1. The Morgan fingerprint density at radius 2 is 1.86 bits per heavy atom. The first-order chi connectivity index (χ1) is 9.40. The van der Waals surface area contributed by atoms with Crippen molar-refractivity contribution >= 4 is 40.7 Å². The Labute approximate surface area is 142 Å². The molecule has 2 nitrogen and oxygen atoms in total. The monoisotopic (exact) mass is 351 g/mol. The molecule has 0 saturated heterocycles. The molecule has 0 spiro atoms. The summed E-state index contributed by atoms with van der Waals surface area (Å²) in [6.45, 7) is 9.53. The minimum absolute atomic E-state index is 0.0484. The summed E-state index contributed by atoms with van der Waals surface area (Å²) >= 11 is 17.6. The highest BCUT2D eigenvalue weighted by Crippen LogP contribution is 2.47. The van der Waals surface area contributed by atoms with Gasteiger partial charge in [-0.1, -0.05) is 68.6 Å². The van der Waals surface area contributed by atoms with Crippen molar-refractivity contribution in [3.63, 3.8) is 0 Å². The summed E-state index contributed by atoms with van der Waals surface area (Å²) in [5, 5.41) is 0. The van der Waals surface area contributed by atoms with E-state index in [4.69, 9.17) is 34.8 Å². The van der Waals surface area contributed by atoms with E-state index < -0.39 is 9.70 Å². The highest BCUT2D eigenvalue weighted by Gasteiger charge is 2.42. The van der Waals surface area contributed by atoms with Crippen LogP contribution in [0, 0.1) is 16.7 Å². The van der Waals surface area contributed by atoms with Crippen LogP contribution in [0.1, 0.15) is 53.4 Å². The van der Waals surface area contributed by atoms with Gasteiger partial charge < -0.3 is 4.90 Å². The molecule has 1 fully saturated rings. The fourth-order valence-electron chi connectivity index (χ4n) is 3.55. The first-order valence-electron chi connectivity index (χ1n) is 7.50. The van der Waals surface area contributed by atoms with Crippen LogP contribution in [0.25, 0.3) is 0 Å². The summed E-state index contributed by atoms with van der Waals surface area (Å²) in [5.41, 5.74) is 1.20. The third kappa shape index (κ3) is 4.77. The molecule has 0 aromatic carbocycles. The highest BCUT2D eigenvalue weighted by atomic mass is 35.6. The highest BCUT2D eigenvalue weighted by molar-refractivity contribution is 6.76. The molecule has 0 N–H and O–H groups in total. The average Bonchev–Trinajstić information content (AvgIpc) is 3.02. The fourth-order valence-corrected chi connectivity index (χ4v) is 3.86. The average molecular weight is 353 g/mol. The first kappa shape index (κ1) is 17.4. The van der Waals surface area contributed by atoms with Gasteiger partial charge in [0.1, 0.15) is 0 Å². The molecule has 2 aliphatic rings. The van der Waals surface area contributed by atoms with E-state index in [0.717, 1.165) is 31.4 Å². The van der Waals surface area contributed by atoms with Gasteiger partial charge in [-0.2, -0.15) is 0 Å². The number of carbonyl (C=O) groups is 1. The normalized spacial score (nSPS) is 24.4. The van der Waals surface area contributed by atoms with Crippen molar-refractivity contribution in [1.29, 1.82) is 0 Å². The standard InChI is InChI=1S/C16H24Cl3NO/c1-14(2)7-12(8-15(3,4)10-14)20(9-11-5-6-11)13(21)16(17,18)19/h7,11H,5-6,8-10H2,1-4H3. The van der Waals surface area contributed by atoms with E-state index in [1.54, 1.807) is 4.90 Å². The van der Waals surface area contributed by atoms with Crippen LogP contribution in [-0.4, -0.2) is 21.1 Å². The molecule has 5 heteroatoms. The van der Waals surface area contributed by atoms with Crippen molar-refractivity contribution in [3.8, 4) is 0 Å². The molecule has 120 valence electrons. The van der Waals surface area contributed by atoms with E-state index in [1.165, 1.54) is 0 Å². The van der Waals surface area contributed by atoms with Crippen molar-refractivity contribution in [1.82, 2.24) is 4.90 Å². The quantitative estimate of drug-likeness (QED) is 0.629. The van der Waals surface area contributed by atoms with Gasteiger partial charge in [0, 0.05) is 12.2 Å². The Morgan fingerprint density at radius 1 is 1.29 bits per heavy atom. The van der Waals surface area contributed by atoms with Crippen molar-refractivity contribution < 1.29 is 4.79 Å². The van der Waals surface area contributed by atoms with Crippen molar-refractivity contribution in [2.75, 3.05) is 6.54 Å². The predicted molar refractivity (Wildman–Crippen MR) is 89.6 cm³/mol. The van der Waals surface area contributed by atoms with Crippen LogP contribution in [0.15, 0.2) is 11.8 Å². The van der Waals surface area contributed by atoms with Crippen LogP contribution in [0.5, 0.6) is 0 Å². The Bertz CT molecular complexity index is 459. The van der Waals surface area contributed by atoms with E-state index in [0.29, 0.717) is 12.5 Å². The van der Waals surface area contributed by atoms with Crippen LogP contribution in [-0.2, 0) is 4.79 Å². The van der Waals surface area contributed by atoms with Gasteiger partial charge in [0.05, 0.1) is 0 Å². The van der Waals surface area contributed by atoms with Crippen LogP contribution < -0.4 is 0 Å². The first-order valence-corrected chi connectivity index (χ1v) is 8.63. The second-order valence-corrected chi connectivity index (χ2v) is 10.3. The van der Waals surface area contributed by atoms with E-state index in [-0.39, 0.29) is 10.8 Å². The van der Waals surface area contributed by atoms with E-state index >= 15 is 0 Å². The summed E-state index contributed by atoms with van der Waals surface area (Å²) in [4.78, 5) is 14.3. The Hall–Kier alpha value is 0.0800. The molecular formula is C16H24Cl3NO. The van der Waals surface area contributed by atoms with Gasteiger partial charge in [0.2, 0.25) is 0 Å². The summed E-state index contributed by atoms with van der Waals surface area (Å²) in [5.74, 6) is 0.134. The maximum Gasteiger partial charge on any atom is 0.278 e. The molecule has 0 unspecified atom stereocenters. The molecule has 0 bridgehead atoms.